The number of allylic oxidation sites excluding steroid dienone is 1. The van der Waals surface area contributed by atoms with Gasteiger partial charge in [0.1, 0.15) is 23.0 Å². The number of halogens is 3. The van der Waals surface area contributed by atoms with E-state index in [4.69, 9.17) is 14.9 Å². The van der Waals surface area contributed by atoms with Gasteiger partial charge >= 0.3 is 11.8 Å². The molecule has 0 spiro atoms. The summed E-state index contributed by atoms with van der Waals surface area (Å²) < 4.78 is 49.6. The molecule has 1 aliphatic heterocycles. The molecule has 28 heavy (non-hydrogen) atoms. The second-order valence-corrected chi connectivity index (χ2v) is 6.19. The third kappa shape index (κ3) is 2.77. The maximum atomic E-state index is 12.9. The van der Waals surface area contributed by atoms with Gasteiger partial charge in [0.2, 0.25) is 5.88 Å². The summed E-state index contributed by atoms with van der Waals surface area (Å²) >= 11 is 0. The van der Waals surface area contributed by atoms with Gasteiger partial charge < -0.3 is 14.9 Å². The Hall–Kier alpha value is -3.73. The van der Waals surface area contributed by atoms with E-state index < -0.39 is 23.3 Å². The van der Waals surface area contributed by atoms with Crippen LogP contribution < -0.4 is 16.1 Å². The molecule has 8 heteroatoms. The Balaban J connectivity index is 1.99. The number of ether oxygens (including phenoxy) is 1. The van der Waals surface area contributed by atoms with E-state index in [9.17, 15) is 23.2 Å². The molecule has 1 atom stereocenters. The van der Waals surface area contributed by atoms with Gasteiger partial charge in [0.05, 0.1) is 17.0 Å². The molecule has 0 amide bonds. The molecular formula is C20H11F3N2O3. The molecule has 1 aliphatic rings. The average Bonchev–Trinajstić information content (AvgIpc) is 2.66. The topological polar surface area (TPSA) is 89.3 Å². The van der Waals surface area contributed by atoms with Crippen LogP contribution in [0.4, 0.5) is 13.2 Å². The molecule has 0 fully saturated rings. The molecule has 0 saturated carbocycles. The van der Waals surface area contributed by atoms with Gasteiger partial charge in [-0.25, -0.2) is 4.79 Å². The molecular weight excluding hydrogens is 373 g/mol. The number of hydrogen-bond acceptors (Lipinski definition) is 5. The maximum Gasteiger partial charge on any atom is 0.416 e. The largest absolute Gasteiger partial charge is 0.440 e. The van der Waals surface area contributed by atoms with Crippen LogP contribution in [0, 0.1) is 11.3 Å². The molecule has 2 N–H and O–H groups in total. The van der Waals surface area contributed by atoms with Crippen molar-refractivity contribution in [1.82, 2.24) is 0 Å². The van der Waals surface area contributed by atoms with E-state index in [1.807, 2.05) is 6.07 Å². The Labute approximate surface area is 156 Å². The van der Waals surface area contributed by atoms with E-state index in [2.05, 4.69) is 0 Å². The fourth-order valence-electron chi connectivity index (χ4n) is 3.28. The van der Waals surface area contributed by atoms with Crippen molar-refractivity contribution in [2.45, 2.75) is 12.1 Å². The van der Waals surface area contributed by atoms with E-state index in [0.29, 0.717) is 16.5 Å². The predicted molar refractivity (Wildman–Crippen MR) is 93.2 cm³/mol. The molecule has 2 aromatic carbocycles. The summed E-state index contributed by atoms with van der Waals surface area (Å²) in [5.41, 5.74) is 5.40. The standard InChI is InChI=1S/C20H11F3N2O3/c21-20(22,23)12-5-1-10(2-6-12)16-13(9-24)19(25)27-14-7-3-11-4-8-15(26)28-18(11)17(14)16/h1-8,16H,25H2/t16-/m1/s1. The van der Waals surface area contributed by atoms with E-state index in [1.54, 1.807) is 18.2 Å². The first-order valence-corrected chi connectivity index (χ1v) is 8.11. The van der Waals surface area contributed by atoms with Crippen LogP contribution in [0.25, 0.3) is 11.0 Å². The van der Waals surface area contributed by atoms with Crippen molar-refractivity contribution in [1.29, 1.82) is 5.26 Å². The number of alkyl halides is 3. The smallest absolute Gasteiger partial charge is 0.416 e. The molecule has 0 aliphatic carbocycles. The van der Waals surface area contributed by atoms with Crippen molar-refractivity contribution >= 4 is 11.0 Å². The van der Waals surface area contributed by atoms with Crippen LogP contribution in [-0.4, -0.2) is 0 Å². The second-order valence-electron chi connectivity index (χ2n) is 6.19. The van der Waals surface area contributed by atoms with Gasteiger partial charge in [-0.3, -0.25) is 0 Å². The molecule has 5 nitrogen and oxygen atoms in total. The molecule has 4 rings (SSSR count). The average molecular weight is 384 g/mol. The first-order valence-electron chi connectivity index (χ1n) is 8.11. The van der Waals surface area contributed by atoms with Gasteiger partial charge in [0.25, 0.3) is 0 Å². The van der Waals surface area contributed by atoms with Crippen molar-refractivity contribution < 1.29 is 22.3 Å². The molecule has 0 saturated heterocycles. The van der Waals surface area contributed by atoms with Gasteiger partial charge in [0, 0.05) is 11.5 Å². The lowest BCUT2D eigenvalue weighted by atomic mass is 9.82. The van der Waals surface area contributed by atoms with Crippen LogP contribution in [0.5, 0.6) is 5.75 Å². The number of nitriles is 1. The van der Waals surface area contributed by atoms with Gasteiger partial charge in [-0.1, -0.05) is 12.1 Å². The van der Waals surface area contributed by atoms with E-state index in [0.717, 1.165) is 12.1 Å². The summed E-state index contributed by atoms with van der Waals surface area (Å²) in [7, 11) is 0. The fraction of sp³-hybridized carbons (Fsp3) is 0.100. The Kier molecular flexibility index (Phi) is 3.89. The summed E-state index contributed by atoms with van der Waals surface area (Å²) in [6.45, 7) is 0. The number of hydrogen-bond donors (Lipinski definition) is 1. The van der Waals surface area contributed by atoms with Crippen LogP contribution in [0.1, 0.15) is 22.6 Å². The minimum absolute atomic E-state index is 0.0197. The first kappa shape index (κ1) is 17.7. The number of nitrogens with zero attached hydrogens (tertiary/aromatic N) is 1. The molecule has 3 aromatic rings. The zero-order valence-electron chi connectivity index (χ0n) is 14.1. The van der Waals surface area contributed by atoms with Crippen molar-refractivity contribution in [3.05, 3.63) is 87.1 Å². The van der Waals surface area contributed by atoms with E-state index >= 15 is 0 Å². The molecule has 0 unspecified atom stereocenters. The zero-order valence-corrected chi connectivity index (χ0v) is 14.1. The number of benzene rings is 2. The Morgan fingerprint density at radius 1 is 1.04 bits per heavy atom. The predicted octanol–water partition coefficient (Wildman–Crippen LogP) is 4.03. The third-order valence-corrected chi connectivity index (χ3v) is 4.54. The minimum Gasteiger partial charge on any atom is -0.440 e. The van der Waals surface area contributed by atoms with Crippen LogP contribution in [0.3, 0.4) is 0 Å². The monoisotopic (exact) mass is 384 g/mol. The Morgan fingerprint density at radius 2 is 1.71 bits per heavy atom. The van der Waals surface area contributed by atoms with E-state index in [1.165, 1.54) is 18.2 Å². The second kappa shape index (κ2) is 6.16. The third-order valence-electron chi connectivity index (χ3n) is 4.54. The lowest BCUT2D eigenvalue weighted by molar-refractivity contribution is -0.137. The highest BCUT2D eigenvalue weighted by Gasteiger charge is 2.35. The number of nitrogens with two attached hydrogens (primary N) is 1. The molecule has 0 radical (unpaired) electrons. The van der Waals surface area contributed by atoms with Crippen LogP contribution in [-0.2, 0) is 6.18 Å². The van der Waals surface area contributed by atoms with Gasteiger partial charge in [-0.2, -0.15) is 18.4 Å². The molecule has 1 aromatic heterocycles. The fourth-order valence-corrected chi connectivity index (χ4v) is 3.28. The summed E-state index contributed by atoms with van der Waals surface area (Å²) in [5, 5.41) is 10.2. The lowest BCUT2D eigenvalue weighted by Crippen LogP contribution is -2.21. The lowest BCUT2D eigenvalue weighted by Gasteiger charge is -2.27. The van der Waals surface area contributed by atoms with Crippen LogP contribution in [0.2, 0.25) is 0 Å². The Bertz CT molecular complexity index is 1220. The highest BCUT2D eigenvalue weighted by Crippen LogP contribution is 2.45. The summed E-state index contributed by atoms with van der Waals surface area (Å²) in [6.07, 6.45) is -4.49. The normalized spacial score (nSPS) is 16.4. The minimum atomic E-state index is -4.49. The molecule has 2 heterocycles. The molecule has 140 valence electrons. The van der Waals surface area contributed by atoms with Crippen molar-refractivity contribution in [2.24, 2.45) is 5.73 Å². The van der Waals surface area contributed by atoms with Crippen LogP contribution >= 0.6 is 0 Å². The SMILES string of the molecule is N#CC1=C(N)Oc2ccc3ccc(=O)oc3c2[C@@H]1c1ccc(C(F)(F)F)cc1. The highest BCUT2D eigenvalue weighted by molar-refractivity contribution is 5.85. The van der Waals surface area contributed by atoms with Crippen molar-refractivity contribution in [2.75, 3.05) is 0 Å². The summed E-state index contributed by atoms with van der Waals surface area (Å²) in [6, 6.07) is 12.4. The summed E-state index contributed by atoms with van der Waals surface area (Å²) in [5.74, 6) is -0.731. The highest BCUT2D eigenvalue weighted by atomic mass is 19.4. The van der Waals surface area contributed by atoms with Crippen LogP contribution in [0.15, 0.2) is 69.2 Å². The van der Waals surface area contributed by atoms with Crippen molar-refractivity contribution in [3.8, 4) is 11.8 Å². The van der Waals surface area contributed by atoms with Crippen molar-refractivity contribution in [3.63, 3.8) is 0 Å². The van der Waals surface area contributed by atoms with Gasteiger partial charge in [0.15, 0.2) is 0 Å². The number of rotatable bonds is 1. The molecule has 0 bridgehead atoms. The number of fused-ring (bicyclic) bond motifs is 3. The van der Waals surface area contributed by atoms with Gasteiger partial charge in [-0.05, 0) is 35.9 Å². The maximum absolute atomic E-state index is 12.9. The first-order chi connectivity index (χ1) is 13.3. The zero-order chi connectivity index (χ0) is 20.1. The van der Waals surface area contributed by atoms with Gasteiger partial charge in [-0.15, -0.1) is 0 Å². The van der Waals surface area contributed by atoms with E-state index in [-0.39, 0.29) is 22.8 Å². The summed E-state index contributed by atoms with van der Waals surface area (Å²) in [4.78, 5) is 11.7. The Morgan fingerprint density at radius 3 is 2.36 bits per heavy atom. The quantitative estimate of drug-likeness (QED) is 0.640.